The number of fused-ring (bicyclic) bond motifs is 1. The fraction of sp³-hybridized carbons (Fsp3) is 0.417. The average Bonchev–Trinajstić information content (AvgIpc) is 2.68. The lowest BCUT2D eigenvalue weighted by Gasteiger charge is -2.10. The molecule has 8 heteroatoms. The fourth-order valence-corrected chi connectivity index (χ4v) is 2.90. The molecule has 0 bridgehead atoms. The van der Waals surface area contributed by atoms with Crippen LogP contribution in [-0.2, 0) is 13.0 Å². The largest absolute Gasteiger partial charge is 0.441 e. The molecule has 0 N–H and O–H groups in total. The summed E-state index contributed by atoms with van der Waals surface area (Å²) < 4.78 is 38.4. The van der Waals surface area contributed by atoms with Gasteiger partial charge < -0.3 is 4.57 Å². The highest BCUT2D eigenvalue weighted by atomic mass is 35.5. The van der Waals surface area contributed by atoms with E-state index in [1.807, 2.05) is 0 Å². The number of rotatable bonds is 5. The summed E-state index contributed by atoms with van der Waals surface area (Å²) in [6.45, 7) is 0.191. The second kappa shape index (κ2) is 6.45. The van der Waals surface area contributed by atoms with Crippen molar-refractivity contribution in [1.82, 2.24) is 9.55 Å². The van der Waals surface area contributed by atoms with E-state index in [9.17, 15) is 13.2 Å². The molecule has 0 aliphatic heterocycles. The highest BCUT2D eigenvalue weighted by Gasteiger charge is 2.27. The van der Waals surface area contributed by atoms with Crippen molar-refractivity contribution in [2.75, 3.05) is 11.6 Å². The third kappa shape index (κ3) is 3.74. The summed E-state index contributed by atoms with van der Waals surface area (Å²) in [6, 6.07) is 5.24. The van der Waals surface area contributed by atoms with Crippen LogP contribution in [0.3, 0.4) is 0 Å². The van der Waals surface area contributed by atoms with Gasteiger partial charge in [-0.25, -0.2) is 4.98 Å². The number of imidazole rings is 1. The summed E-state index contributed by atoms with van der Waals surface area (Å²) in [6.07, 6.45) is 0.489. The van der Waals surface area contributed by atoms with Gasteiger partial charge in [0, 0.05) is 24.6 Å². The Morgan fingerprint density at radius 1 is 1.30 bits per heavy atom. The molecule has 20 heavy (non-hydrogen) atoms. The van der Waals surface area contributed by atoms with Gasteiger partial charge >= 0.3 is 5.51 Å². The molecule has 0 aliphatic carbocycles. The lowest BCUT2D eigenvalue weighted by molar-refractivity contribution is -0.0328. The molecule has 0 radical (unpaired) electrons. The molecule has 2 rings (SSSR count). The van der Waals surface area contributed by atoms with E-state index < -0.39 is 5.51 Å². The molecule has 2 aromatic rings. The normalized spacial score (nSPS) is 12.2. The molecule has 2 nitrogen and oxygen atoms in total. The first-order chi connectivity index (χ1) is 9.42. The third-order valence-corrected chi connectivity index (χ3v) is 3.90. The van der Waals surface area contributed by atoms with E-state index in [0.29, 0.717) is 34.2 Å². The Morgan fingerprint density at radius 2 is 2.05 bits per heavy atom. The van der Waals surface area contributed by atoms with E-state index in [1.54, 1.807) is 22.8 Å². The van der Waals surface area contributed by atoms with Crippen molar-refractivity contribution < 1.29 is 13.2 Å². The number of benzene rings is 1. The van der Waals surface area contributed by atoms with Crippen LogP contribution in [0.1, 0.15) is 5.82 Å². The van der Waals surface area contributed by atoms with Gasteiger partial charge in [-0.15, -0.1) is 11.6 Å². The van der Waals surface area contributed by atoms with Crippen molar-refractivity contribution in [3.05, 3.63) is 29.0 Å². The summed E-state index contributed by atoms with van der Waals surface area (Å²) in [5, 5.41) is 0.479. The van der Waals surface area contributed by atoms with Crippen LogP contribution in [0.5, 0.6) is 0 Å². The summed E-state index contributed by atoms with van der Waals surface area (Å²) in [7, 11) is 0. The number of para-hydroxylation sites is 1. The van der Waals surface area contributed by atoms with Crippen LogP contribution in [0.2, 0.25) is 5.02 Å². The van der Waals surface area contributed by atoms with Gasteiger partial charge in [0.2, 0.25) is 0 Å². The smallest absolute Gasteiger partial charge is 0.326 e. The lowest BCUT2D eigenvalue weighted by Crippen LogP contribution is -2.10. The quantitative estimate of drug-likeness (QED) is 0.731. The van der Waals surface area contributed by atoms with E-state index in [2.05, 4.69) is 4.98 Å². The van der Waals surface area contributed by atoms with Crippen molar-refractivity contribution in [2.24, 2.45) is 0 Å². The zero-order valence-corrected chi connectivity index (χ0v) is 12.6. The molecule has 110 valence electrons. The third-order valence-electron chi connectivity index (χ3n) is 2.70. The average molecular weight is 343 g/mol. The maximum Gasteiger partial charge on any atom is 0.441 e. The molecule has 0 saturated carbocycles. The second-order valence-electron chi connectivity index (χ2n) is 4.02. The molecular formula is C12H11Cl2F3N2S. The second-order valence-corrected chi connectivity index (χ2v) is 5.97. The van der Waals surface area contributed by atoms with E-state index in [4.69, 9.17) is 23.2 Å². The van der Waals surface area contributed by atoms with Crippen molar-refractivity contribution >= 4 is 46.0 Å². The van der Waals surface area contributed by atoms with E-state index in [0.717, 1.165) is 0 Å². The minimum atomic E-state index is -4.23. The van der Waals surface area contributed by atoms with Gasteiger partial charge in [0.1, 0.15) is 5.82 Å². The van der Waals surface area contributed by atoms with Gasteiger partial charge in [-0.2, -0.15) is 13.2 Å². The van der Waals surface area contributed by atoms with Gasteiger partial charge in [-0.3, -0.25) is 0 Å². The molecule has 0 saturated heterocycles. The fourth-order valence-electron chi connectivity index (χ4n) is 1.96. The van der Waals surface area contributed by atoms with Crippen LogP contribution < -0.4 is 0 Å². The van der Waals surface area contributed by atoms with E-state index >= 15 is 0 Å². The molecule has 1 aromatic heterocycles. The molecule has 0 aliphatic rings. The summed E-state index contributed by atoms with van der Waals surface area (Å²) in [5.74, 6) is 0.925. The minimum absolute atomic E-state index is 0.0517. The molecule has 0 fully saturated rings. The van der Waals surface area contributed by atoms with Crippen LogP contribution in [0.15, 0.2) is 18.2 Å². The number of hydrogen-bond donors (Lipinski definition) is 0. The molecule has 0 amide bonds. The molecule has 1 heterocycles. The van der Waals surface area contributed by atoms with Crippen molar-refractivity contribution in [3.63, 3.8) is 0 Å². The summed E-state index contributed by atoms with van der Waals surface area (Å²) in [4.78, 5) is 4.38. The number of nitrogens with zero attached hydrogens (tertiary/aromatic N) is 2. The highest BCUT2D eigenvalue weighted by Crippen LogP contribution is 2.31. The van der Waals surface area contributed by atoms with Crippen LogP contribution in [0, 0.1) is 0 Å². The molecule has 0 unspecified atom stereocenters. The maximum absolute atomic E-state index is 12.2. The van der Waals surface area contributed by atoms with Crippen LogP contribution in [-0.4, -0.2) is 26.7 Å². The molecule has 0 spiro atoms. The Morgan fingerprint density at radius 3 is 2.70 bits per heavy atom. The first kappa shape index (κ1) is 15.8. The van der Waals surface area contributed by atoms with Gasteiger partial charge in [0.05, 0.1) is 16.1 Å². The first-order valence-corrected chi connectivity index (χ1v) is 7.72. The van der Waals surface area contributed by atoms with Crippen LogP contribution >= 0.6 is 35.0 Å². The highest BCUT2D eigenvalue weighted by molar-refractivity contribution is 8.00. The Labute approximate surface area is 128 Å². The Balaban J connectivity index is 2.31. The van der Waals surface area contributed by atoms with E-state index in [1.165, 1.54) is 0 Å². The number of hydrogen-bond acceptors (Lipinski definition) is 2. The first-order valence-electron chi connectivity index (χ1n) is 5.82. The minimum Gasteiger partial charge on any atom is -0.326 e. The lowest BCUT2D eigenvalue weighted by atomic mass is 10.3. The molecule has 0 atom stereocenters. The van der Waals surface area contributed by atoms with Gasteiger partial charge in [0.15, 0.2) is 0 Å². The number of aryl methyl sites for hydroxylation is 2. The number of aromatic nitrogens is 2. The predicted octanol–water partition coefficient (Wildman–Crippen LogP) is 4.72. The topological polar surface area (TPSA) is 17.8 Å². The van der Waals surface area contributed by atoms with Crippen molar-refractivity contribution in [1.29, 1.82) is 0 Å². The number of halogens is 5. The van der Waals surface area contributed by atoms with Crippen molar-refractivity contribution in [2.45, 2.75) is 18.5 Å². The predicted molar refractivity (Wildman–Crippen MR) is 77.7 cm³/mol. The Hall–Kier alpha value is -0.590. The standard InChI is InChI=1S/C12H11Cl2F3N2S/c13-5-4-10-18-9-3-1-2-8(14)11(9)19(10)6-7-20-12(15,16)17/h1-3H,4-7H2. The maximum atomic E-state index is 12.2. The van der Waals surface area contributed by atoms with Crippen molar-refractivity contribution in [3.8, 4) is 0 Å². The number of alkyl halides is 4. The Bertz CT molecular complexity index is 598. The monoisotopic (exact) mass is 342 g/mol. The summed E-state index contributed by atoms with van der Waals surface area (Å²) in [5.41, 5.74) is -2.89. The molecular weight excluding hydrogens is 332 g/mol. The van der Waals surface area contributed by atoms with Crippen LogP contribution in [0.4, 0.5) is 13.2 Å². The number of thioether (sulfide) groups is 1. The van der Waals surface area contributed by atoms with Gasteiger partial charge in [-0.1, -0.05) is 17.7 Å². The zero-order valence-electron chi connectivity index (χ0n) is 10.3. The van der Waals surface area contributed by atoms with Crippen LogP contribution in [0.25, 0.3) is 11.0 Å². The summed E-state index contributed by atoms with van der Waals surface area (Å²) >= 11 is 11.8. The Kier molecular flexibility index (Phi) is 5.09. The van der Waals surface area contributed by atoms with Gasteiger partial charge in [0.25, 0.3) is 0 Å². The van der Waals surface area contributed by atoms with E-state index in [-0.39, 0.29) is 24.1 Å². The molecule has 1 aromatic carbocycles. The SMILES string of the molecule is FC(F)(F)SCCn1c(CCCl)nc2cccc(Cl)c21. The zero-order chi connectivity index (χ0) is 14.8. The van der Waals surface area contributed by atoms with Gasteiger partial charge in [-0.05, 0) is 23.9 Å².